The second-order valence-electron chi connectivity index (χ2n) is 9.60. The van der Waals surface area contributed by atoms with Gasteiger partial charge in [-0.2, -0.15) is 5.10 Å². The first-order valence-electron chi connectivity index (χ1n) is 12.0. The number of hydrogen-bond acceptors (Lipinski definition) is 4. The van der Waals surface area contributed by atoms with Crippen LogP contribution < -0.4 is 4.74 Å². The molecule has 0 saturated carbocycles. The lowest BCUT2D eigenvalue weighted by molar-refractivity contribution is -0.149. The van der Waals surface area contributed by atoms with E-state index in [9.17, 15) is 0 Å². The van der Waals surface area contributed by atoms with Crippen molar-refractivity contribution in [1.82, 2.24) is 9.91 Å². The fourth-order valence-electron chi connectivity index (χ4n) is 5.72. The Morgan fingerprint density at radius 2 is 1.81 bits per heavy atom. The van der Waals surface area contributed by atoms with E-state index in [1.54, 1.807) is 0 Å². The van der Waals surface area contributed by atoms with Crippen molar-refractivity contribution in [3.63, 3.8) is 0 Å². The Kier molecular flexibility index (Phi) is 4.72. The predicted octanol–water partition coefficient (Wildman–Crippen LogP) is 5.89. The van der Waals surface area contributed by atoms with Gasteiger partial charge in [0.15, 0.2) is 0 Å². The zero-order valence-electron chi connectivity index (χ0n) is 19.1. The summed E-state index contributed by atoms with van der Waals surface area (Å²) >= 11 is 0. The van der Waals surface area contributed by atoms with Crippen LogP contribution in [0, 0.1) is 6.92 Å². The molecule has 3 heterocycles. The van der Waals surface area contributed by atoms with Crippen LogP contribution in [0.15, 0.2) is 65.8 Å². The van der Waals surface area contributed by atoms with E-state index in [0.29, 0.717) is 0 Å². The fraction of sp³-hybridized carbons (Fsp3) is 0.393. The van der Waals surface area contributed by atoms with Crippen LogP contribution in [-0.2, 0) is 0 Å². The van der Waals surface area contributed by atoms with Gasteiger partial charge in [-0.15, -0.1) is 0 Å². The van der Waals surface area contributed by atoms with E-state index in [-0.39, 0.29) is 11.8 Å². The summed E-state index contributed by atoms with van der Waals surface area (Å²) in [6.45, 7) is 7.73. The van der Waals surface area contributed by atoms with Gasteiger partial charge in [-0.25, -0.2) is 5.01 Å². The quantitative estimate of drug-likeness (QED) is 0.523. The Morgan fingerprint density at radius 3 is 2.62 bits per heavy atom. The van der Waals surface area contributed by atoms with E-state index in [1.165, 1.54) is 46.1 Å². The highest BCUT2D eigenvalue weighted by Gasteiger charge is 2.51. The first kappa shape index (κ1) is 19.8. The third-order valence-corrected chi connectivity index (χ3v) is 7.41. The molecule has 4 nitrogen and oxygen atoms in total. The largest absolute Gasteiger partial charge is 0.466 e. The topological polar surface area (TPSA) is 28.1 Å². The van der Waals surface area contributed by atoms with Gasteiger partial charge in [0.1, 0.15) is 5.75 Å². The van der Waals surface area contributed by atoms with Crippen LogP contribution in [0.3, 0.4) is 0 Å². The molecule has 3 aliphatic heterocycles. The number of hydrogen-bond donors (Lipinski definition) is 0. The molecule has 164 valence electrons. The number of nitrogens with zero attached hydrogens (tertiary/aromatic N) is 3. The maximum absolute atomic E-state index is 6.80. The Balaban J connectivity index is 1.40. The molecule has 32 heavy (non-hydrogen) atoms. The molecule has 1 saturated heterocycles. The lowest BCUT2D eigenvalue weighted by Gasteiger charge is -2.51. The highest BCUT2D eigenvalue weighted by Crippen LogP contribution is 2.50. The van der Waals surface area contributed by atoms with Gasteiger partial charge < -0.3 is 9.64 Å². The second-order valence-corrected chi connectivity index (χ2v) is 9.60. The molecule has 0 radical (unpaired) electrons. The van der Waals surface area contributed by atoms with E-state index in [1.807, 2.05) is 0 Å². The normalized spacial score (nSPS) is 21.9. The lowest BCUT2D eigenvalue weighted by Crippen LogP contribution is -2.59. The van der Waals surface area contributed by atoms with E-state index < -0.39 is 0 Å². The zero-order chi connectivity index (χ0) is 21.7. The van der Waals surface area contributed by atoms with E-state index in [4.69, 9.17) is 9.84 Å². The van der Waals surface area contributed by atoms with Crippen LogP contribution >= 0.6 is 0 Å². The summed E-state index contributed by atoms with van der Waals surface area (Å²) in [4.78, 5) is 2.57. The Morgan fingerprint density at radius 1 is 1.00 bits per heavy atom. The van der Waals surface area contributed by atoms with Crippen molar-refractivity contribution in [1.29, 1.82) is 0 Å². The average Bonchev–Trinajstić information content (AvgIpc) is 3.28. The maximum atomic E-state index is 6.80. The monoisotopic (exact) mass is 425 g/mol. The summed E-state index contributed by atoms with van der Waals surface area (Å²) in [5.74, 6) is 1.05. The number of hydrazone groups is 1. The maximum Gasteiger partial charge on any atom is 0.200 e. The van der Waals surface area contributed by atoms with Crippen LogP contribution in [0.1, 0.15) is 55.3 Å². The van der Waals surface area contributed by atoms with E-state index >= 15 is 0 Å². The van der Waals surface area contributed by atoms with Crippen molar-refractivity contribution in [2.24, 2.45) is 5.10 Å². The highest BCUT2D eigenvalue weighted by molar-refractivity contribution is 6.04. The van der Waals surface area contributed by atoms with Crippen LogP contribution in [0.2, 0.25) is 0 Å². The summed E-state index contributed by atoms with van der Waals surface area (Å²) in [6, 6.07) is 22.2. The highest BCUT2D eigenvalue weighted by atomic mass is 16.5. The summed E-state index contributed by atoms with van der Waals surface area (Å²) in [5, 5.41) is 10.2. The molecule has 6 rings (SSSR count). The SMILES string of the molecule is CCCN1CCC2(CC1)Oc1ccc(C)cc1[C@@H]1CC(c3ccc4ccccc4c3)=NN12. The van der Waals surface area contributed by atoms with E-state index in [0.717, 1.165) is 38.1 Å². The van der Waals surface area contributed by atoms with Crippen LogP contribution in [0.5, 0.6) is 5.75 Å². The Labute approximate surface area is 190 Å². The van der Waals surface area contributed by atoms with Gasteiger partial charge in [0.25, 0.3) is 0 Å². The fourth-order valence-corrected chi connectivity index (χ4v) is 5.72. The standard InChI is InChI=1S/C28H31N3O/c1-3-14-30-15-12-28(13-16-30)31-26(24-17-20(2)8-11-27(24)32-28)19-25(29-31)23-10-9-21-6-4-5-7-22(21)18-23/h4-11,17-18,26H,3,12-16,19H2,1-2H3/t26-/m0/s1. The minimum absolute atomic E-state index is 0.248. The van der Waals surface area contributed by atoms with Gasteiger partial charge in [-0.05, 0) is 48.4 Å². The number of likely N-dealkylation sites (tertiary alicyclic amines) is 1. The van der Waals surface area contributed by atoms with Gasteiger partial charge in [-0.3, -0.25) is 0 Å². The summed E-state index contributed by atoms with van der Waals surface area (Å²) in [7, 11) is 0. The second kappa shape index (κ2) is 7.63. The molecule has 0 amide bonds. The summed E-state index contributed by atoms with van der Waals surface area (Å²) in [5.41, 5.74) is 4.63. The third kappa shape index (κ3) is 3.20. The molecule has 0 aliphatic carbocycles. The average molecular weight is 426 g/mol. The number of benzene rings is 3. The van der Waals surface area contributed by atoms with Gasteiger partial charge in [-0.1, -0.05) is 61.0 Å². The summed E-state index contributed by atoms with van der Waals surface area (Å²) in [6.07, 6.45) is 4.11. The molecule has 1 atom stereocenters. The van der Waals surface area contributed by atoms with Crippen molar-refractivity contribution in [2.75, 3.05) is 19.6 Å². The number of rotatable bonds is 3. The molecule has 0 unspecified atom stereocenters. The van der Waals surface area contributed by atoms with Crippen molar-refractivity contribution in [3.05, 3.63) is 77.4 Å². The van der Waals surface area contributed by atoms with Crippen LogP contribution in [-0.4, -0.2) is 41.0 Å². The first-order chi connectivity index (χ1) is 15.6. The zero-order valence-corrected chi connectivity index (χ0v) is 19.1. The minimum Gasteiger partial charge on any atom is -0.466 e. The Bertz CT molecular complexity index is 1190. The molecule has 0 aromatic heterocycles. The smallest absolute Gasteiger partial charge is 0.200 e. The van der Waals surface area contributed by atoms with Gasteiger partial charge in [0.05, 0.1) is 11.8 Å². The molecule has 1 fully saturated rings. The van der Waals surface area contributed by atoms with Crippen molar-refractivity contribution in [3.8, 4) is 5.75 Å². The van der Waals surface area contributed by atoms with Gasteiger partial charge >= 0.3 is 0 Å². The van der Waals surface area contributed by atoms with Gasteiger partial charge in [0, 0.05) is 37.9 Å². The lowest BCUT2D eigenvalue weighted by atomic mass is 9.90. The molecule has 0 N–H and O–H groups in total. The molecule has 4 heteroatoms. The van der Waals surface area contributed by atoms with Crippen molar-refractivity contribution < 1.29 is 4.74 Å². The van der Waals surface area contributed by atoms with Crippen LogP contribution in [0.25, 0.3) is 10.8 Å². The molecule has 3 aliphatic rings. The molecule has 0 bridgehead atoms. The first-order valence-corrected chi connectivity index (χ1v) is 12.0. The molecular formula is C28H31N3O. The number of aryl methyl sites for hydroxylation is 1. The molecule has 3 aromatic rings. The van der Waals surface area contributed by atoms with Crippen molar-refractivity contribution in [2.45, 2.75) is 51.3 Å². The molecule has 3 aromatic carbocycles. The Hall–Kier alpha value is -2.85. The third-order valence-electron chi connectivity index (χ3n) is 7.41. The van der Waals surface area contributed by atoms with E-state index in [2.05, 4.69) is 84.4 Å². The molecule has 1 spiro atoms. The summed E-state index contributed by atoms with van der Waals surface area (Å²) < 4.78 is 6.80. The van der Waals surface area contributed by atoms with Gasteiger partial charge in [0.2, 0.25) is 5.72 Å². The molecular weight excluding hydrogens is 394 g/mol. The number of fused-ring (bicyclic) bond motifs is 5. The number of piperidine rings is 1. The predicted molar refractivity (Wildman–Crippen MR) is 130 cm³/mol. The van der Waals surface area contributed by atoms with Crippen molar-refractivity contribution >= 4 is 16.5 Å². The van der Waals surface area contributed by atoms with Crippen LogP contribution in [0.4, 0.5) is 0 Å². The number of ether oxygens (including phenoxy) is 1. The minimum atomic E-state index is -0.338.